The molecule has 0 amide bonds. The number of alkyl halides is 2. The fraction of sp³-hybridized carbons (Fsp3) is 1.00. The summed E-state index contributed by atoms with van der Waals surface area (Å²) in [7, 11) is 2.77. The second-order valence-corrected chi connectivity index (χ2v) is 2.31. The van der Waals surface area contributed by atoms with E-state index in [1.165, 1.54) is 14.1 Å². The molecule has 0 heterocycles. The largest absolute Gasteiger partial charge is 0.304 e. The van der Waals surface area contributed by atoms with E-state index < -0.39 is 6.05 Å². The molecule has 1 nitrogen and oxygen atoms in total. The Morgan fingerprint density at radius 3 is 1.89 bits per heavy atom. The fourth-order valence-electron chi connectivity index (χ4n) is 0.524. The van der Waals surface area contributed by atoms with Crippen LogP contribution in [0.15, 0.2) is 0 Å². The highest BCUT2D eigenvalue weighted by atomic mass is 19.3. The molecule has 3 heteroatoms. The second kappa shape index (κ2) is 3.11. The molecule has 0 aliphatic carbocycles. The number of rotatable bonds is 3. The molecule has 0 aliphatic heterocycles. The summed E-state index contributed by atoms with van der Waals surface area (Å²) in [6, 6.07) is -2.62. The molecule has 0 aromatic heterocycles. The summed E-state index contributed by atoms with van der Waals surface area (Å²) in [5.74, 6) is 0. The zero-order valence-corrected chi connectivity index (χ0v) is 6.12. The van der Waals surface area contributed by atoms with Crippen molar-refractivity contribution in [3.05, 3.63) is 0 Å². The van der Waals surface area contributed by atoms with Crippen molar-refractivity contribution in [3.63, 3.8) is 0 Å². The van der Waals surface area contributed by atoms with Crippen LogP contribution in [0.25, 0.3) is 0 Å². The summed E-state index contributed by atoms with van der Waals surface area (Å²) < 4.78 is 24.9. The van der Waals surface area contributed by atoms with Crippen LogP contribution in [0.1, 0.15) is 19.8 Å². The molecular weight excluding hydrogens is 124 g/mol. The van der Waals surface area contributed by atoms with E-state index in [0.717, 1.165) is 4.90 Å². The van der Waals surface area contributed by atoms with Gasteiger partial charge in [-0.3, -0.25) is 4.90 Å². The first-order valence-corrected chi connectivity index (χ1v) is 3.06. The normalized spacial score (nSPS) is 12.7. The second-order valence-electron chi connectivity index (χ2n) is 2.31. The molecular formula is C6H13F2N. The van der Waals surface area contributed by atoms with Crippen molar-refractivity contribution in [2.45, 2.75) is 25.8 Å². The Kier molecular flexibility index (Phi) is 3.04. The number of nitrogens with zero attached hydrogens (tertiary/aromatic N) is 1. The van der Waals surface area contributed by atoms with Gasteiger partial charge in [0.05, 0.1) is 0 Å². The zero-order valence-electron chi connectivity index (χ0n) is 6.12. The lowest BCUT2D eigenvalue weighted by Gasteiger charge is -2.22. The smallest absolute Gasteiger partial charge is 0.251 e. The fourth-order valence-corrected chi connectivity index (χ4v) is 0.524. The Labute approximate surface area is 54.7 Å². The zero-order chi connectivity index (χ0) is 7.49. The van der Waals surface area contributed by atoms with Crippen LogP contribution in [0, 0.1) is 0 Å². The van der Waals surface area contributed by atoms with E-state index >= 15 is 0 Å². The van der Waals surface area contributed by atoms with Crippen LogP contribution in [-0.4, -0.2) is 25.0 Å². The average Bonchev–Trinajstić information content (AvgIpc) is 1.65. The lowest BCUT2D eigenvalue weighted by atomic mass is 10.3. The lowest BCUT2D eigenvalue weighted by molar-refractivity contribution is -0.127. The summed E-state index contributed by atoms with van der Waals surface area (Å²) in [4.78, 5) is 0.941. The lowest BCUT2D eigenvalue weighted by Crippen LogP contribution is -2.34. The summed E-state index contributed by atoms with van der Waals surface area (Å²) in [5, 5.41) is 0. The highest BCUT2D eigenvalue weighted by Crippen LogP contribution is 2.21. The molecule has 0 radical (unpaired) electrons. The Bertz CT molecular complexity index is 81.1. The van der Waals surface area contributed by atoms with Gasteiger partial charge in [-0.1, -0.05) is 6.92 Å². The molecule has 0 aliphatic rings. The van der Waals surface area contributed by atoms with Crippen molar-refractivity contribution in [3.8, 4) is 0 Å². The maximum Gasteiger partial charge on any atom is 0.304 e. The van der Waals surface area contributed by atoms with Gasteiger partial charge in [0, 0.05) is 6.42 Å². The maximum atomic E-state index is 12.5. The minimum Gasteiger partial charge on any atom is -0.251 e. The summed E-state index contributed by atoms with van der Waals surface area (Å²) in [6.45, 7) is 1.75. The number of hydrogen-bond acceptors (Lipinski definition) is 1. The summed E-state index contributed by atoms with van der Waals surface area (Å²) in [5.41, 5.74) is 0. The topological polar surface area (TPSA) is 3.24 Å². The van der Waals surface area contributed by atoms with Gasteiger partial charge in [-0.2, -0.15) is 8.78 Å². The van der Waals surface area contributed by atoms with Crippen molar-refractivity contribution in [2.24, 2.45) is 0 Å². The third-order valence-corrected chi connectivity index (χ3v) is 1.21. The van der Waals surface area contributed by atoms with E-state index in [4.69, 9.17) is 0 Å². The van der Waals surface area contributed by atoms with E-state index in [9.17, 15) is 8.78 Å². The molecule has 0 aromatic carbocycles. The number of hydrogen-bond donors (Lipinski definition) is 0. The van der Waals surface area contributed by atoms with E-state index in [-0.39, 0.29) is 6.42 Å². The maximum absolute atomic E-state index is 12.5. The van der Waals surface area contributed by atoms with Gasteiger partial charge in [0.25, 0.3) is 0 Å². The Hall–Kier alpha value is -0.180. The van der Waals surface area contributed by atoms with Crippen molar-refractivity contribution in [1.82, 2.24) is 4.90 Å². The minimum atomic E-state index is -2.62. The van der Waals surface area contributed by atoms with Crippen molar-refractivity contribution < 1.29 is 8.78 Å². The van der Waals surface area contributed by atoms with Gasteiger partial charge in [0.2, 0.25) is 0 Å². The Balaban J connectivity index is 3.70. The van der Waals surface area contributed by atoms with Crippen LogP contribution in [0.2, 0.25) is 0 Å². The first-order valence-electron chi connectivity index (χ1n) is 3.06. The van der Waals surface area contributed by atoms with Gasteiger partial charge in [-0.25, -0.2) is 0 Å². The SMILES string of the molecule is CCCC(F)(F)N(C)C. The molecule has 0 aromatic rings. The van der Waals surface area contributed by atoms with E-state index in [2.05, 4.69) is 0 Å². The Morgan fingerprint density at radius 1 is 1.33 bits per heavy atom. The molecule has 0 unspecified atom stereocenters. The Morgan fingerprint density at radius 2 is 1.78 bits per heavy atom. The first kappa shape index (κ1) is 8.82. The standard InChI is InChI=1S/C6H13F2N/c1-4-5-6(7,8)9(2)3/h4-5H2,1-3H3. The molecule has 0 rings (SSSR count). The highest BCUT2D eigenvalue weighted by Gasteiger charge is 2.29. The van der Waals surface area contributed by atoms with Crippen molar-refractivity contribution in [2.75, 3.05) is 14.1 Å². The van der Waals surface area contributed by atoms with Crippen molar-refractivity contribution >= 4 is 0 Å². The summed E-state index contributed by atoms with van der Waals surface area (Å²) >= 11 is 0. The summed E-state index contributed by atoms with van der Waals surface area (Å²) in [6.07, 6.45) is 0.463. The third-order valence-electron chi connectivity index (χ3n) is 1.21. The van der Waals surface area contributed by atoms with Gasteiger partial charge in [-0.05, 0) is 20.5 Å². The van der Waals surface area contributed by atoms with Gasteiger partial charge < -0.3 is 0 Å². The molecule has 0 saturated carbocycles. The predicted octanol–water partition coefficient (Wildman–Crippen LogP) is 1.94. The molecule has 0 fully saturated rings. The van der Waals surface area contributed by atoms with Crippen molar-refractivity contribution in [1.29, 1.82) is 0 Å². The highest BCUT2D eigenvalue weighted by molar-refractivity contribution is 4.59. The molecule has 0 saturated heterocycles. The van der Waals surface area contributed by atoms with Crippen LogP contribution in [0.5, 0.6) is 0 Å². The molecule has 0 spiro atoms. The quantitative estimate of drug-likeness (QED) is 0.537. The van der Waals surface area contributed by atoms with Crippen LogP contribution >= 0.6 is 0 Å². The molecule has 0 N–H and O–H groups in total. The first-order chi connectivity index (χ1) is 4.00. The average molecular weight is 137 g/mol. The van der Waals surface area contributed by atoms with Gasteiger partial charge >= 0.3 is 6.05 Å². The van der Waals surface area contributed by atoms with Crippen LogP contribution < -0.4 is 0 Å². The van der Waals surface area contributed by atoms with E-state index in [0.29, 0.717) is 6.42 Å². The van der Waals surface area contributed by atoms with Crippen LogP contribution in [0.3, 0.4) is 0 Å². The van der Waals surface area contributed by atoms with Gasteiger partial charge in [-0.15, -0.1) is 0 Å². The van der Waals surface area contributed by atoms with Gasteiger partial charge in [0.15, 0.2) is 0 Å². The monoisotopic (exact) mass is 137 g/mol. The minimum absolute atomic E-state index is 0.0556. The van der Waals surface area contributed by atoms with Crippen LogP contribution in [0.4, 0.5) is 8.78 Å². The van der Waals surface area contributed by atoms with Gasteiger partial charge in [0.1, 0.15) is 0 Å². The van der Waals surface area contributed by atoms with E-state index in [1.807, 2.05) is 0 Å². The molecule has 0 atom stereocenters. The third kappa shape index (κ3) is 2.75. The molecule has 56 valence electrons. The molecule has 0 bridgehead atoms. The predicted molar refractivity (Wildman–Crippen MR) is 33.5 cm³/mol. The number of halogens is 2. The molecule has 9 heavy (non-hydrogen) atoms. The van der Waals surface area contributed by atoms with Crippen LogP contribution in [-0.2, 0) is 0 Å². The van der Waals surface area contributed by atoms with E-state index in [1.54, 1.807) is 6.92 Å².